The van der Waals surface area contributed by atoms with Crippen LogP contribution in [0.25, 0.3) is 0 Å². The molecule has 1 atom stereocenters. The second-order valence-corrected chi connectivity index (χ2v) is 4.19. The standard InChI is InChI=1S/C12H16N4O2/c1-2-10-11(17)14-5-6-16(10)12(18)9-4-3-8(13)7-15-9/h3-4,7,10H,2,5-6,13H2,1H3,(H,14,17). The maximum atomic E-state index is 12.3. The number of amides is 2. The molecule has 1 aromatic heterocycles. The zero-order valence-corrected chi connectivity index (χ0v) is 10.2. The number of nitrogens with zero attached hydrogens (tertiary/aromatic N) is 2. The minimum absolute atomic E-state index is 0.104. The first-order valence-electron chi connectivity index (χ1n) is 5.93. The minimum Gasteiger partial charge on any atom is -0.397 e. The lowest BCUT2D eigenvalue weighted by Gasteiger charge is -2.34. The van der Waals surface area contributed by atoms with Crippen molar-refractivity contribution in [2.24, 2.45) is 0 Å². The second-order valence-electron chi connectivity index (χ2n) is 4.19. The molecule has 1 unspecified atom stereocenters. The number of carbonyl (C=O) groups is 2. The third kappa shape index (κ3) is 2.27. The van der Waals surface area contributed by atoms with Crippen LogP contribution in [0.3, 0.4) is 0 Å². The van der Waals surface area contributed by atoms with Crippen LogP contribution in [0.2, 0.25) is 0 Å². The molecule has 0 aromatic carbocycles. The molecule has 2 rings (SSSR count). The highest BCUT2D eigenvalue weighted by atomic mass is 16.2. The van der Waals surface area contributed by atoms with Crippen LogP contribution in [0.1, 0.15) is 23.8 Å². The Morgan fingerprint density at radius 3 is 3.00 bits per heavy atom. The monoisotopic (exact) mass is 248 g/mol. The van der Waals surface area contributed by atoms with E-state index >= 15 is 0 Å². The molecule has 0 radical (unpaired) electrons. The van der Waals surface area contributed by atoms with Gasteiger partial charge in [-0.1, -0.05) is 6.92 Å². The highest BCUT2D eigenvalue weighted by Gasteiger charge is 2.32. The number of carbonyl (C=O) groups excluding carboxylic acids is 2. The predicted octanol–water partition coefficient (Wildman–Crippen LogP) is 0.0144. The third-order valence-corrected chi connectivity index (χ3v) is 2.98. The van der Waals surface area contributed by atoms with E-state index in [-0.39, 0.29) is 11.8 Å². The Bertz CT molecular complexity index is 458. The van der Waals surface area contributed by atoms with Gasteiger partial charge < -0.3 is 16.0 Å². The Balaban J connectivity index is 2.21. The van der Waals surface area contributed by atoms with Gasteiger partial charge >= 0.3 is 0 Å². The van der Waals surface area contributed by atoms with Crippen molar-refractivity contribution in [3.05, 3.63) is 24.0 Å². The molecular weight excluding hydrogens is 232 g/mol. The van der Waals surface area contributed by atoms with Gasteiger partial charge in [0.25, 0.3) is 5.91 Å². The number of piperazine rings is 1. The maximum Gasteiger partial charge on any atom is 0.273 e. The van der Waals surface area contributed by atoms with Crippen molar-refractivity contribution in [1.82, 2.24) is 15.2 Å². The van der Waals surface area contributed by atoms with E-state index in [1.165, 1.54) is 6.20 Å². The Kier molecular flexibility index (Phi) is 3.45. The van der Waals surface area contributed by atoms with E-state index in [0.29, 0.717) is 30.9 Å². The first kappa shape index (κ1) is 12.3. The van der Waals surface area contributed by atoms with E-state index in [4.69, 9.17) is 5.73 Å². The summed E-state index contributed by atoms with van der Waals surface area (Å²) in [4.78, 5) is 29.5. The summed E-state index contributed by atoms with van der Waals surface area (Å²) in [5, 5.41) is 2.76. The summed E-state index contributed by atoms with van der Waals surface area (Å²) in [5.74, 6) is -0.329. The van der Waals surface area contributed by atoms with Gasteiger partial charge in [0.2, 0.25) is 5.91 Å². The van der Waals surface area contributed by atoms with Gasteiger partial charge in [0.05, 0.1) is 11.9 Å². The van der Waals surface area contributed by atoms with Crippen molar-refractivity contribution in [2.75, 3.05) is 18.8 Å². The Morgan fingerprint density at radius 1 is 1.61 bits per heavy atom. The number of hydrogen-bond acceptors (Lipinski definition) is 4. The van der Waals surface area contributed by atoms with Crippen LogP contribution in [-0.2, 0) is 4.79 Å². The number of nitrogens with one attached hydrogen (secondary N) is 1. The number of nitrogen functional groups attached to an aromatic ring is 1. The van der Waals surface area contributed by atoms with E-state index in [0.717, 1.165) is 0 Å². The fourth-order valence-corrected chi connectivity index (χ4v) is 2.04. The Hall–Kier alpha value is -2.11. The average Bonchev–Trinajstić information content (AvgIpc) is 2.38. The molecule has 0 bridgehead atoms. The van der Waals surface area contributed by atoms with E-state index in [2.05, 4.69) is 10.3 Å². The largest absolute Gasteiger partial charge is 0.397 e. The Labute approximate surface area is 105 Å². The molecule has 1 aliphatic rings. The maximum absolute atomic E-state index is 12.3. The number of hydrogen-bond donors (Lipinski definition) is 2. The number of anilines is 1. The van der Waals surface area contributed by atoms with Crippen molar-refractivity contribution in [1.29, 1.82) is 0 Å². The summed E-state index contributed by atoms with van der Waals surface area (Å²) in [7, 11) is 0. The van der Waals surface area contributed by atoms with Crippen LogP contribution < -0.4 is 11.1 Å². The molecule has 2 amide bonds. The van der Waals surface area contributed by atoms with E-state index in [1.807, 2.05) is 6.92 Å². The van der Waals surface area contributed by atoms with Crippen LogP contribution in [0, 0.1) is 0 Å². The van der Waals surface area contributed by atoms with Gasteiger partial charge in [-0.3, -0.25) is 9.59 Å². The molecule has 0 spiro atoms. The molecule has 0 saturated carbocycles. The fourth-order valence-electron chi connectivity index (χ4n) is 2.04. The topological polar surface area (TPSA) is 88.3 Å². The van der Waals surface area contributed by atoms with Crippen molar-refractivity contribution < 1.29 is 9.59 Å². The Morgan fingerprint density at radius 2 is 2.39 bits per heavy atom. The number of rotatable bonds is 2. The summed E-state index contributed by atoms with van der Waals surface area (Å²) in [5.41, 5.74) is 6.36. The molecule has 1 fully saturated rings. The first-order chi connectivity index (χ1) is 8.63. The van der Waals surface area contributed by atoms with Gasteiger partial charge in [-0.15, -0.1) is 0 Å². The van der Waals surface area contributed by atoms with Gasteiger partial charge in [0.1, 0.15) is 11.7 Å². The smallest absolute Gasteiger partial charge is 0.273 e. The summed E-state index contributed by atoms with van der Waals surface area (Å²) in [6.07, 6.45) is 2.03. The van der Waals surface area contributed by atoms with Crippen LogP contribution in [0.5, 0.6) is 0 Å². The molecular formula is C12H16N4O2. The highest BCUT2D eigenvalue weighted by Crippen LogP contribution is 2.13. The molecule has 1 aliphatic heterocycles. The molecule has 1 saturated heterocycles. The highest BCUT2D eigenvalue weighted by molar-refractivity contribution is 5.96. The molecule has 96 valence electrons. The minimum atomic E-state index is -0.411. The van der Waals surface area contributed by atoms with Gasteiger partial charge in [0, 0.05) is 13.1 Å². The van der Waals surface area contributed by atoms with Crippen molar-refractivity contribution in [2.45, 2.75) is 19.4 Å². The van der Waals surface area contributed by atoms with Crippen molar-refractivity contribution in [3.63, 3.8) is 0 Å². The fraction of sp³-hybridized carbons (Fsp3) is 0.417. The van der Waals surface area contributed by atoms with Crippen molar-refractivity contribution in [3.8, 4) is 0 Å². The van der Waals surface area contributed by atoms with Gasteiger partial charge in [-0.25, -0.2) is 4.98 Å². The zero-order chi connectivity index (χ0) is 13.1. The van der Waals surface area contributed by atoms with Crippen LogP contribution in [-0.4, -0.2) is 40.8 Å². The van der Waals surface area contributed by atoms with Crippen molar-refractivity contribution >= 4 is 17.5 Å². The normalized spacial score (nSPS) is 19.5. The van der Waals surface area contributed by atoms with Crippen LogP contribution in [0.15, 0.2) is 18.3 Å². The van der Waals surface area contributed by atoms with Crippen LogP contribution in [0.4, 0.5) is 5.69 Å². The predicted molar refractivity (Wildman–Crippen MR) is 66.8 cm³/mol. The molecule has 6 heteroatoms. The van der Waals surface area contributed by atoms with Gasteiger partial charge in [-0.2, -0.15) is 0 Å². The third-order valence-electron chi connectivity index (χ3n) is 2.98. The summed E-state index contributed by atoms with van der Waals surface area (Å²) < 4.78 is 0. The lowest BCUT2D eigenvalue weighted by molar-refractivity contribution is -0.127. The quantitative estimate of drug-likeness (QED) is 0.772. The van der Waals surface area contributed by atoms with E-state index in [9.17, 15) is 9.59 Å². The van der Waals surface area contributed by atoms with E-state index in [1.54, 1.807) is 17.0 Å². The SMILES string of the molecule is CCC1C(=O)NCCN1C(=O)c1ccc(N)cn1. The average molecular weight is 248 g/mol. The summed E-state index contributed by atoms with van der Waals surface area (Å²) in [6, 6.07) is 2.80. The first-order valence-corrected chi connectivity index (χ1v) is 5.93. The molecule has 1 aromatic rings. The lowest BCUT2D eigenvalue weighted by atomic mass is 10.1. The van der Waals surface area contributed by atoms with Crippen LogP contribution >= 0.6 is 0 Å². The summed E-state index contributed by atoms with van der Waals surface area (Å²) >= 11 is 0. The zero-order valence-electron chi connectivity index (χ0n) is 10.2. The molecule has 0 aliphatic carbocycles. The molecule has 18 heavy (non-hydrogen) atoms. The van der Waals surface area contributed by atoms with Gasteiger partial charge in [0.15, 0.2) is 0 Å². The lowest BCUT2D eigenvalue weighted by Crippen LogP contribution is -2.57. The second kappa shape index (κ2) is 5.03. The van der Waals surface area contributed by atoms with E-state index < -0.39 is 6.04 Å². The number of pyridine rings is 1. The number of nitrogens with two attached hydrogens (primary N) is 1. The molecule has 6 nitrogen and oxygen atoms in total. The molecule has 2 heterocycles. The van der Waals surface area contributed by atoms with Gasteiger partial charge in [-0.05, 0) is 18.6 Å². The summed E-state index contributed by atoms with van der Waals surface area (Å²) in [6.45, 7) is 2.87. The molecule has 3 N–H and O–H groups in total. The number of aromatic nitrogens is 1.